The smallest absolute Gasteiger partial charge is 0.303 e. The monoisotopic (exact) mass is 251 g/mol. The molecule has 4 nitrogen and oxygen atoms in total. The zero-order chi connectivity index (χ0) is 12.4. The van der Waals surface area contributed by atoms with Gasteiger partial charge in [0.05, 0.1) is 6.20 Å². The molecule has 90 valence electrons. The summed E-state index contributed by atoms with van der Waals surface area (Å²) in [4.78, 5) is 4.13. The predicted octanol–water partition coefficient (Wildman–Crippen LogP) is 3.49. The Morgan fingerprint density at radius 1 is 1.41 bits per heavy atom. The lowest BCUT2D eigenvalue weighted by Gasteiger charge is -2.13. The van der Waals surface area contributed by atoms with Crippen LogP contribution in [0.4, 0.5) is 5.82 Å². The summed E-state index contributed by atoms with van der Waals surface area (Å²) in [7, 11) is 0. The molecule has 0 radical (unpaired) electrons. The summed E-state index contributed by atoms with van der Waals surface area (Å²) in [6, 6.07) is 7.83. The number of rotatable bonds is 3. The zero-order valence-corrected chi connectivity index (χ0v) is 10.5. The van der Waals surface area contributed by atoms with Crippen molar-refractivity contribution in [2.45, 2.75) is 19.9 Å². The molecule has 2 rings (SSSR count). The molecule has 2 N–H and O–H groups in total. The number of hydrogen-bond acceptors (Lipinski definition) is 3. The average molecular weight is 252 g/mol. The molecule has 5 heteroatoms. The number of imidazole rings is 1. The van der Waals surface area contributed by atoms with Crippen LogP contribution in [0.1, 0.15) is 19.9 Å². The van der Waals surface area contributed by atoms with E-state index in [-0.39, 0.29) is 6.04 Å². The van der Waals surface area contributed by atoms with Crippen molar-refractivity contribution in [3.63, 3.8) is 0 Å². The SMILES string of the molecule is CC(C)n1c(N)cnc1Oc1cccc(Cl)c1. The van der Waals surface area contributed by atoms with Gasteiger partial charge in [-0.1, -0.05) is 17.7 Å². The van der Waals surface area contributed by atoms with E-state index in [4.69, 9.17) is 22.1 Å². The normalized spacial score (nSPS) is 10.8. The van der Waals surface area contributed by atoms with Gasteiger partial charge in [-0.15, -0.1) is 0 Å². The predicted molar refractivity (Wildman–Crippen MR) is 68.6 cm³/mol. The van der Waals surface area contributed by atoms with Gasteiger partial charge in [0, 0.05) is 11.1 Å². The summed E-state index contributed by atoms with van der Waals surface area (Å²) < 4.78 is 7.48. The Labute approximate surface area is 105 Å². The Bertz CT molecular complexity index is 522. The highest BCUT2D eigenvalue weighted by atomic mass is 35.5. The van der Waals surface area contributed by atoms with Crippen LogP contribution in [0.15, 0.2) is 30.5 Å². The largest absolute Gasteiger partial charge is 0.425 e. The minimum absolute atomic E-state index is 0.187. The lowest BCUT2D eigenvalue weighted by Crippen LogP contribution is -2.06. The maximum Gasteiger partial charge on any atom is 0.303 e. The number of nitrogens with two attached hydrogens (primary N) is 1. The van der Waals surface area contributed by atoms with Crippen LogP contribution in [0.25, 0.3) is 0 Å². The summed E-state index contributed by atoms with van der Waals surface area (Å²) in [5.74, 6) is 1.22. The number of benzene rings is 1. The van der Waals surface area contributed by atoms with Crippen LogP contribution in [0.5, 0.6) is 11.8 Å². The highest BCUT2D eigenvalue weighted by Crippen LogP contribution is 2.27. The highest BCUT2D eigenvalue weighted by molar-refractivity contribution is 6.30. The van der Waals surface area contributed by atoms with E-state index < -0.39 is 0 Å². The Kier molecular flexibility index (Phi) is 3.24. The Morgan fingerprint density at radius 3 is 2.82 bits per heavy atom. The first kappa shape index (κ1) is 11.8. The molecule has 0 spiro atoms. The minimum atomic E-state index is 0.187. The molecule has 0 amide bonds. The first-order valence-electron chi connectivity index (χ1n) is 5.34. The molecule has 0 bridgehead atoms. The molecular weight excluding hydrogens is 238 g/mol. The van der Waals surface area contributed by atoms with E-state index in [0.29, 0.717) is 22.6 Å². The molecule has 17 heavy (non-hydrogen) atoms. The zero-order valence-electron chi connectivity index (χ0n) is 9.72. The number of aromatic nitrogens is 2. The van der Waals surface area contributed by atoms with Gasteiger partial charge in [-0.2, -0.15) is 0 Å². The molecule has 0 unspecified atom stereocenters. The van der Waals surface area contributed by atoms with E-state index in [1.807, 2.05) is 30.5 Å². The molecule has 0 atom stereocenters. The molecule has 0 fully saturated rings. The number of nitrogen functional groups attached to an aromatic ring is 1. The Morgan fingerprint density at radius 2 is 2.18 bits per heavy atom. The van der Waals surface area contributed by atoms with Gasteiger partial charge in [-0.25, -0.2) is 4.98 Å². The fourth-order valence-electron chi connectivity index (χ4n) is 1.59. The fourth-order valence-corrected chi connectivity index (χ4v) is 1.77. The molecule has 1 aromatic carbocycles. The first-order chi connectivity index (χ1) is 8.08. The van der Waals surface area contributed by atoms with Gasteiger partial charge in [-0.05, 0) is 32.0 Å². The fraction of sp³-hybridized carbons (Fsp3) is 0.250. The summed E-state index contributed by atoms with van der Waals surface area (Å²) in [6.45, 7) is 4.03. The lowest BCUT2D eigenvalue weighted by molar-refractivity contribution is 0.398. The van der Waals surface area contributed by atoms with Crippen LogP contribution in [-0.4, -0.2) is 9.55 Å². The molecule has 0 saturated carbocycles. The van der Waals surface area contributed by atoms with Gasteiger partial charge in [0.25, 0.3) is 0 Å². The van der Waals surface area contributed by atoms with Crippen molar-refractivity contribution in [1.82, 2.24) is 9.55 Å². The summed E-state index contributed by atoms with van der Waals surface area (Å²) in [6.07, 6.45) is 1.58. The van der Waals surface area contributed by atoms with E-state index in [0.717, 1.165) is 0 Å². The molecule has 0 aliphatic heterocycles. The van der Waals surface area contributed by atoms with Crippen LogP contribution in [0.3, 0.4) is 0 Å². The van der Waals surface area contributed by atoms with E-state index in [1.165, 1.54) is 0 Å². The van der Waals surface area contributed by atoms with E-state index in [9.17, 15) is 0 Å². The van der Waals surface area contributed by atoms with Gasteiger partial charge >= 0.3 is 6.01 Å². The topological polar surface area (TPSA) is 53.1 Å². The van der Waals surface area contributed by atoms with Crippen molar-refractivity contribution >= 4 is 17.4 Å². The Hall–Kier alpha value is -1.68. The maximum atomic E-state index is 5.89. The summed E-state index contributed by atoms with van der Waals surface area (Å²) in [5.41, 5.74) is 5.82. The van der Waals surface area contributed by atoms with Gasteiger partial charge in [0.2, 0.25) is 0 Å². The van der Waals surface area contributed by atoms with Gasteiger partial charge in [0.1, 0.15) is 11.6 Å². The van der Waals surface area contributed by atoms with Crippen LogP contribution < -0.4 is 10.5 Å². The maximum absolute atomic E-state index is 5.89. The van der Waals surface area contributed by atoms with Crippen LogP contribution in [0, 0.1) is 0 Å². The second-order valence-electron chi connectivity index (χ2n) is 3.99. The van der Waals surface area contributed by atoms with Crippen molar-refractivity contribution in [2.75, 3.05) is 5.73 Å². The van der Waals surface area contributed by atoms with E-state index in [2.05, 4.69) is 4.98 Å². The third-order valence-electron chi connectivity index (χ3n) is 2.31. The van der Waals surface area contributed by atoms with Crippen molar-refractivity contribution in [3.8, 4) is 11.8 Å². The van der Waals surface area contributed by atoms with Gasteiger partial charge in [-0.3, -0.25) is 4.57 Å². The van der Waals surface area contributed by atoms with Crippen LogP contribution in [0.2, 0.25) is 5.02 Å². The first-order valence-corrected chi connectivity index (χ1v) is 5.72. The summed E-state index contributed by atoms with van der Waals surface area (Å²) >= 11 is 5.89. The number of nitrogens with zero attached hydrogens (tertiary/aromatic N) is 2. The van der Waals surface area contributed by atoms with Crippen molar-refractivity contribution in [1.29, 1.82) is 0 Å². The third kappa shape index (κ3) is 2.53. The molecule has 0 saturated heterocycles. The molecule has 0 aliphatic rings. The molecule has 1 heterocycles. The van der Waals surface area contributed by atoms with Gasteiger partial charge < -0.3 is 10.5 Å². The van der Waals surface area contributed by atoms with Crippen LogP contribution >= 0.6 is 11.6 Å². The molecule has 0 aliphatic carbocycles. The quantitative estimate of drug-likeness (QED) is 0.909. The van der Waals surface area contributed by atoms with E-state index in [1.54, 1.807) is 18.3 Å². The molecule has 2 aromatic rings. The van der Waals surface area contributed by atoms with Crippen molar-refractivity contribution < 1.29 is 4.74 Å². The van der Waals surface area contributed by atoms with Crippen molar-refractivity contribution in [2.24, 2.45) is 0 Å². The molecule has 1 aromatic heterocycles. The number of hydrogen-bond donors (Lipinski definition) is 1. The Balaban J connectivity index is 2.30. The summed E-state index contributed by atoms with van der Waals surface area (Å²) in [5, 5.41) is 0.623. The number of halogens is 1. The highest BCUT2D eigenvalue weighted by Gasteiger charge is 2.12. The third-order valence-corrected chi connectivity index (χ3v) is 2.55. The second kappa shape index (κ2) is 4.67. The number of anilines is 1. The average Bonchev–Trinajstić information content (AvgIpc) is 2.59. The van der Waals surface area contributed by atoms with Crippen molar-refractivity contribution in [3.05, 3.63) is 35.5 Å². The lowest BCUT2D eigenvalue weighted by atomic mass is 10.3. The minimum Gasteiger partial charge on any atom is -0.425 e. The standard InChI is InChI=1S/C12H14ClN3O/c1-8(2)16-11(14)7-15-12(16)17-10-5-3-4-9(13)6-10/h3-8H,14H2,1-2H3. The van der Waals surface area contributed by atoms with Crippen LogP contribution in [-0.2, 0) is 0 Å². The number of ether oxygens (including phenoxy) is 1. The van der Waals surface area contributed by atoms with E-state index >= 15 is 0 Å². The van der Waals surface area contributed by atoms with Gasteiger partial charge in [0.15, 0.2) is 0 Å². The molecular formula is C12H14ClN3O. The second-order valence-corrected chi connectivity index (χ2v) is 4.43.